The van der Waals surface area contributed by atoms with Crippen LogP contribution in [0.15, 0.2) is 0 Å². The van der Waals surface area contributed by atoms with Gasteiger partial charge in [-0.25, -0.2) is 0 Å². The normalized spacial score (nSPS) is 27.5. The number of carbonyl (C=O) groups is 1. The highest BCUT2D eigenvalue weighted by Crippen LogP contribution is 2.28. The van der Waals surface area contributed by atoms with Crippen molar-refractivity contribution in [2.45, 2.75) is 25.7 Å². The average molecular weight is 182 g/mol. The number of hydrogen-bond donors (Lipinski definition) is 2. The van der Waals surface area contributed by atoms with Gasteiger partial charge in [0.25, 0.3) is 0 Å². The molecule has 13 heavy (non-hydrogen) atoms. The van der Waals surface area contributed by atoms with Crippen molar-refractivity contribution >= 4 is 5.97 Å². The van der Waals surface area contributed by atoms with Gasteiger partial charge in [0.2, 0.25) is 0 Å². The second-order valence-corrected chi connectivity index (χ2v) is 3.38. The van der Waals surface area contributed by atoms with Crippen LogP contribution in [-0.4, -0.2) is 22.8 Å². The molecule has 0 aromatic carbocycles. The molecule has 0 saturated heterocycles. The van der Waals surface area contributed by atoms with E-state index in [9.17, 15) is 4.79 Å². The van der Waals surface area contributed by atoms with Crippen molar-refractivity contribution < 1.29 is 15.0 Å². The third-order valence-electron chi connectivity index (χ3n) is 2.41. The molecule has 0 radical (unpaired) electrons. The summed E-state index contributed by atoms with van der Waals surface area (Å²) in [6, 6.07) is 0. The number of hydrogen-bond acceptors (Lipinski definition) is 2. The molecule has 0 spiro atoms. The van der Waals surface area contributed by atoms with E-state index in [4.69, 9.17) is 10.2 Å². The quantitative estimate of drug-likeness (QED) is 0.592. The van der Waals surface area contributed by atoms with Crippen molar-refractivity contribution in [3.05, 3.63) is 0 Å². The van der Waals surface area contributed by atoms with E-state index in [1.54, 1.807) is 0 Å². The van der Waals surface area contributed by atoms with Crippen LogP contribution in [0, 0.1) is 23.7 Å². The number of carboxylic acid groups (broad SMARTS) is 1. The SMILES string of the molecule is O=C(O)C1CCCC(C#CCO)C1. The molecule has 3 heteroatoms. The van der Waals surface area contributed by atoms with Gasteiger partial charge in [-0.1, -0.05) is 18.3 Å². The summed E-state index contributed by atoms with van der Waals surface area (Å²) in [6.45, 7) is -0.131. The zero-order valence-corrected chi connectivity index (χ0v) is 7.49. The molecule has 1 aliphatic carbocycles. The first-order valence-corrected chi connectivity index (χ1v) is 4.56. The topological polar surface area (TPSA) is 57.5 Å². The number of aliphatic carboxylic acids is 1. The molecule has 2 N–H and O–H groups in total. The predicted octanol–water partition coefficient (Wildman–Crippen LogP) is 0.873. The Balaban J connectivity index is 2.46. The molecular formula is C10H14O3. The maximum Gasteiger partial charge on any atom is 0.306 e. The zero-order valence-electron chi connectivity index (χ0n) is 7.49. The fourth-order valence-electron chi connectivity index (χ4n) is 1.74. The smallest absolute Gasteiger partial charge is 0.306 e. The van der Waals surface area contributed by atoms with Crippen LogP contribution in [0.1, 0.15) is 25.7 Å². The van der Waals surface area contributed by atoms with E-state index in [2.05, 4.69) is 11.8 Å². The van der Waals surface area contributed by atoms with E-state index in [-0.39, 0.29) is 18.4 Å². The third kappa shape index (κ3) is 3.08. The summed E-state index contributed by atoms with van der Waals surface area (Å²) in [5.74, 6) is 4.71. The first kappa shape index (κ1) is 10.1. The molecule has 0 aromatic heterocycles. The van der Waals surface area contributed by atoms with Gasteiger partial charge in [0.1, 0.15) is 6.61 Å². The van der Waals surface area contributed by atoms with Crippen molar-refractivity contribution in [3.63, 3.8) is 0 Å². The fourth-order valence-corrected chi connectivity index (χ4v) is 1.74. The first-order valence-electron chi connectivity index (χ1n) is 4.56. The van der Waals surface area contributed by atoms with Crippen LogP contribution in [0.4, 0.5) is 0 Å². The van der Waals surface area contributed by atoms with E-state index >= 15 is 0 Å². The highest BCUT2D eigenvalue weighted by molar-refractivity contribution is 5.70. The molecule has 2 atom stereocenters. The minimum Gasteiger partial charge on any atom is -0.481 e. The Morgan fingerprint density at radius 1 is 1.46 bits per heavy atom. The molecule has 0 heterocycles. The minimum atomic E-state index is -0.713. The molecule has 0 aromatic rings. The van der Waals surface area contributed by atoms with Crippen LogP contribution in [0.3, 0.4) is 0 Å². The summed E-state index contributed by atoms with van der Waals surface area (Å²) in [5, 5.41) is 17.3. The summed E-state index contributed by atoms with van der Waals surface area (Å²) in [4.78, 5) is 10.7. The standard InChI is InChI=1S/C10H14O3/c11-6-2-4-8-3-1-5-9(7-8)10(12)13/h8-9,11H,1,3,5-7H2,(H,12,13). The number of carboxylic acids is 1. The lowest BCUT2D eigenvalue weighted by molar-refractivity contribution is -0.143. The van der Waals surface area contributed by atoms with E-state index < -0.39 is 5.97 Å². The van der Waals surface area contributed by atoms with Gasteiger partial charge in [0.05, 0.1) is 5.92 Å². The molecule has 1 fully saturated rings. The lowest BCUT2D eigenvalue weighted by Gasteiger charge is -2.22. The molecule has 1 saturated carbocycles. The molecule has 0 amide bonds. The van der Waals surface area contributed by atoms with E-state index in [0.29, 0.717) is 6.42 Å². The Labute approximate surface area is 77.8 Å². The maximum atomic E-state index is 10.7. The number of aliphatic hydroxyl groups excluding tert-OH is 1. The minimum absolute atomic E-state index is 0.131. The average Bonchev–Trinajstić information content (AvgIpc) is 2.15. The van der Waals surface area contributed by atoms with Crippen LogP contribution in [0.2, 0.25) is 0 Å². The Morgan fingerprint density at radius 2 is 2.23 bits per heavy atom. The number of rotatable bonds is 1. The molecule has 1 aliphatic rings. The van der Waals surface area contributed by atoms with Gasteiger partial charge >= 0.3 is 5.97 Å². The Bertz CT molecular complexity index is 236. The Morgan fingerprint density at radius 3 is 2.85 bits per heavy atom. The van der Waals surface area contributed by atoms with E-state index in [0.717, 1.165) is 19.3 Å². The molecule has 2 unspecified atom stereocenters. The van der Waals surface area contributed by atoms with Crippen LogP contribution >= 0.6 is 0 Å². The highest BCUT2D eigenvalue weighted by atomic mass is 16.4. The van der Waals surface area contributed by atoms with Gasteiger partial charge in [-0.15, -0.1) is 0 Å². The summed E-state index contributed by atoms with van der Waals surface area (Å²) in [6.07, 6.45) is 3.31. The summed E-state index contributed by atoms with van der Waals surface area (Å²) < 4.78 is 0. The lowest BCUT2D eigenvalue weighted by Crippen LogP contribution is -2.21. The van der Waals surface area contributed by atoms with Crippen molar-refractivity contribution in [3.8, 4) is 11.8 Å². The second kappa shape index (κ2) is 4.88. The van der Waals surface area contributed by atoms with Gasteiger partial charge in [-0.3, -0.25) is 4.79 Å². The first-order chi connectivity index (χ1) is 6.24. The van der Waals surface area contributed by atoms with Crippen LogP contribution < -0.4 is 0 Å². The second-order valence-electron chi connectivity index (χ2n) is 3.38. The molecule has 0 bridgehead atoms. The summed E-state index contributed by atoms with van der Waals surface area (Å²) in [7, 11) is 0. The maximum absolute atomic E-state index is 10.7. The van der Waals surface area contributed by atoms with Crippen molar-refractivity contribution in [2.24, 2.45) is 11.8 Å². The largest absolute Gasteiger partial charge is 0.481 e. The van der Waals surface area contributed by atoms with Gasteiger partial charge in [-0.2, -0.15) is 0 Å². The zero-order chi connectivity index (χ0) is 9.68. The van der Waals surface area contributed by atoms with E-state index in [1.165, 1.54) is 0 Å². The monoisotopic (exact) mass is 182 g/mol. The molecule has 3 nitrogen and oxygen atoms in total. The molecular weight excluding hydrogens is 168 g/mol. The third-order valence-corrected chi connectivity index (χ3v) is 2.41. The highest BCUT2D eigenvalue weighted by Gasteiger charge is 2.25. The van der Waals surface area contributed by atoms with Crippen LogP contribution in [0.5, 0.6) is 0 Å². The summed E-state index contributed by atoms with van der Waals surface area (Å²) in [5.41, 5.74) is 0. The van der Waals surface area contributed by atoms with E-state index in [1.807, 2.05) is 0 Å². The lowest BCUT2D eigenvalue weighted by atomic mass is 9.82. The van der Waals surface area contributed by atoms with Gasteiger partial charge in [0, 0.05) is 5.92 Å². The number of aliphatic hydroxyl groups is 1. The van der Waals surface area contributed by atoms with Crippen molar-refractivity contribution in [1.82, 2.24) is 0 Å². The Hall–Kier alpha value is -1.01. The fraction of sp³-hybridized carbons (Fsp3) is 0.700. The predicted molar refractivity (Wildman–Crippen MR) is 47.9 cm³/mol. The van der Waals surface area contributed by atoms with Gasteiger partial charge in [0.15, 0.2) is 0 Å². The van der Waals surface area contributed by atoms with Crippen LogP contribution in [0.25, 0.3) is 0 Å². The molecule has 0 aliphatic heterocycles. The van der Waals surface area contributed by atoms with Gasteiger partial charge < -0.3 is 10.2 Å². The van der Waals surface area contributed by atoms with Crippen molar-refractivity contribution in [1.29, 1.82) is 0 Å². The molecule has 72 valence electrons. The van der Waals surface area contributed by atoms with Gasteiger partial charge in [-0.05, 0) is 19.3 Å². The van der Waals surface area contributed by atoms with Crippen molar-refractivity contribution in [2.75, 3.05) is 6.61 Å². The Kier molecular flexibility index (Phi) is 3.78. The molecule has 1 rings (SSSR count). The summed E-state index contributed by atoms with van der Waals surface area (Å²) >= 11 is 0. The van der Waals surface area contributed by atoms with Crippen LogP contribution in [-0.2, 0) is 4.79 Å².